The van der Waals surface area contributed by atoms with E-state index in [1.807, 2.05) is 0 Å². The van der Waals surface area contributed by atoms with Crippen molar-refractivity contribution in [3.63, 3.8) is 0 Å². The Bertz CT molecular complexity index is 1350. The summed E-state index contributed by atoms with van der Waals surface area (Å²) in [4.78, 5) is 13.2. The lowest BCUT2D eigenvalue weighted by atomic mass is 9.99. The van der Waals surface area contributed by atoms with Crippen LogP contribution in [-0.2, 0) is 28.9 Å². The van der Waals surface area contributed by atoms with E-state index in [1.54, 1.807) is 6.08 Å². The van der Waals surface area contributed by atoms with Crippen molar-refractivity contribution in [1.82, 2.24) is 5.32 Å². The fraction of sp³-hybridized carbons (Fsp3) is 0.868. The van der Waals surface area contributed by atoms with Crippen molar-refractivity contribution in [2.45, 2.75) is 281 Å². The molecule has 1 rings (SSSR count). The van der Waals surface area contributed by atoms with E-state index in [0.29, 0.717) is 12.8 Å². The van der Waals surface area contributed by atoms with Crippen molar-refractivity contribution in [3.8, 4) is 0 Å². The Labute approximate surface area is 408 Å². The molecule has 7 N–H and O–H groups in total. The summed E-state index contributed by atoms with van der Waals surface area (Å²) >= 11 is 0. The molecule has 1 aliphatic rings. The van der Waals surface area contributed by atoms with E-state index in [9.17, 15) is 43.3 Å². The maximum absolute atomic E-state index is 13.2. The molecule has 1 fully saturated rings. The summed E-state index contributed by atoms with van der Waals surface area (Å²) in [5, 5.41) is 55.4. The number of hydrogen-bond acceptors (Lipinski definition) is 11. The first-order valence-corrected chi connectivity index (χ1v) is 28.3. The molecular formula is C53H99NO12S. The number of allylic oxidation sites excluding steroid dienone is 5. The molecule has 0 aliphatic carbocycles. The Hall–Kier alpha value is -1.72. The Balaban J connectivity index is 2.48. The number of aliphatic hydroxyl groups excluding tert-OH is 5. The zero-order valence-electron chi connectivity index (χ0n) is 42.1. The van der Waals surface area contributed by atoms with Crippen LogP contribution in [0.3, 0.4) is 0 Å². The third-order valence-electron chi connectivity index (χ3n) is 12.8. The number of nitrogens with one attached hydrogen (secondary N) is 1. The van der Waals surface area contributed by atoms with Gasteiger partial charge < -0.3 is 40.3 Å². The summed E-state index contributed by atoms with van der Waals surface area (Å²) in [6.07, 6.45) is 40.8. The third-order valence-corrected chi connectivity index (χ3v) is 13.2. The number of amides is 1. The highest BCUT2D eigenvalue weighted by molar-refractivity contribution is 7.80. The van der Waals surface area contributed by atoms with E-state index in [0.717, 1.165) is 44.9 Å². The average Bonchev–Trinajstić information content (AvgIpc) is 3.30. The second kappa shape index (κ2) is 43.1. The first kappa shape index (κ1) is 63.3. The highest BCUT2D eigenvalue weighted by Crippen LogP contribution is 2.26. The van der Waals surface area contributed by atoms with Gasteiger partial charge in [0.1, 0.15) is 30.5 Å². The second-order valence-corrected chi connectivity index (χ2v) is 20.0. The highest BCUT2D eigenvalue weighted by Gasteiger charge is 2.48. The number of hydrogen-bond donors (Lipinski definition) is 7. The topological polar surface area (TPSA) is 212 Å². The van der Waals surface area contributed by atoms with Gasteiger partial charge in [-0.2, -0.15) is 8.42 Å². The van der Waals surface area contributed by atoms with Crippen molar-refractivity contribution >= 4 is 16.3 Å². The molecule has 1 aliphatic heterocycles. The predicted molar refractivity (Wildman–Crippen MR) is 270 cm³/mol. The molecule has 394 valence electrons. The Morgan fingerprint density at radius 1 is 0.597 bits per heavy atom. The number of rotatable bonds is 46. The van der Waals surface area contributed by atoms with Crippen LogP contribution in [0.25, 0.3) is 0 Å². The van der Waals surface area contributed by atoms with E-state index in [4.69, 9.17) is 9.47 Å². The molecule has 0 spiro atoms. The summed E-state index contributed by atoms with van der Waals surface area (Å²) in [5.74, 6) is -0.713. The van der Waals surface area contributed by atoms with Gasteiger partial charge in [-0.15, -0.1) is 0 Å². The van der Waals surface area contributed by atoms with Gasteiger partial charge in [0.15, 0.2) is 6.29 Å². The lowest BCUT2D eigenvalue weighted by molar-refractivity contribution is -0.298. The normalized spacial score (nSPS) is 20.6. The summed E-state index contributed by atoms with van der Waals surface area (Å²) < 4.78 is 47.6. The first-order valence-electron chi connectivity index (χ1n) is 27.0. The molecule has 1 amide bonds. The van der Waals surface area contributed by atoms with Crippen LogP contribution in [0.4, 0.5) is 0 Å². The standard InChI is InChI=1S/C53H99NO12S/c1-3-5-7-9-11-13-15-17-19-21-22-23-24-25-26-28-30-32-34-36-38-40-42-47(57)52(60)54-45(44-64-53-50(59)51(66-67(61,62)63)49(58)48(43-55)65-53)46(56)41-39-37-35-33-31-29-27-20-18-16-14-12-10-8-6-4-2/h18,20,31,33,39,41,45-51,53,55-59H,3-17,19,21-30,32,34-38,40,42-44H2,1-2H3,(H,54,60)(H,61,62,63)/b20-18+,33-31+,41-39+. The first-order chi connectivity index (χ1) is 32.4. The number of carbonyl (C=O) groups is 1. The van der Waals surface area contributed by atoms with Gasteiger partial charge in [0, 0.05) is 0 Å². The van der Waals surface area contributed by atoms with Crippen LogP contribution in [0.1, 0.15) is 232 Å². The Kier molecular flexibility index (Phi) is 40.7. The van der Waals surface area contributed by atoms with Gasteiger partial charge in [0.05, 0.1) is 25.4 Å². The molecule has 8 atom stereocenters. The molecule has 67 heavy (non-hydrogen) atoms. The van der Waals surface area contributed by atoms with Crippen molar-refractivity contribution < 1.29 is 57.0 Å². The maximum atomic E-state index is 13.2. The average molecular weight is 974 g/mol. The van der Waals surface area contributed by atoms with Gasteiger partial charge in [-0.3, -0.25) is 9.35 Å². The minimum absolute atomic E-state index is 0.237. The zero-order valence-corrected chi connectivity index (χ0v) is 42.9. The molecule has 0 aromatic heterocycles. The van der Waals surface area contributed by atoms with Gasteiger partial charge in [-0.05, 0) is 44.9 Å². The number of unbranched alkanes of at least 4 members (excludes halogenated alkanes) is 29. The van der Waals surface area contributed by atoms with Crippen LogP contribution < -0.4 is 5.32 Å². The van der Waals surface area contributed by atoms with Gasteiger partial charge in [0.2, 0.25) is 5.91 Å². The van der Waals surface area contributed by atoms with Crippen molar-refractivity contribution in [2.24, 2.45) is 0 Å². The highest BCUT2D eigenvalue weighted by atomic mass is 32.3. The molecular weight excluding hydrogens is 875 g/mol. The Morgan fingerprint density at radius 2 is 1.00 bits per heavy atom. The minimum atomic E-state index is -5.13. The molecule has 0 bridgehead atoms. The van der Waals surface area contributed by atoms with E-state index in [2.05, 4.69) is 47.7 Å². The largest absolute Gasteiger partial charge is 0.397 e. The molecule has 8 unspecified atom stereocenters. The van der Waals surface area contributed by atoms with Crippen LogP contribution in [0, 0.1) is 0 Å². The SMILES string of the molecule is CCCCCCCC/C=C/CC/C=C/CC/C=C/C(O)C(COC1OC(CO)C(O)C(OS(=O)(=O)O)C1O)NC(=O)C(O)CCCCCCCCCCCCCCCCCCCCCCCC. The molecule has 0 aromatic carbocycles. The fourth-order valence-electron chi connectivity index (χ4n) is 8.49. The molecule has 0 saturated carbocycles. The summed E-state index contributed by atoms with van der Waals surface area (Å²) in [7, 11) is -5.13. The van der Waals surface area contributed by atoms with Crippen molar-refractivity contribution in [1.29, 1.82) is 0 Å². The quantitative estimate of drug-likeness (QED) is 0.0173. The smallest absolute Gasteiger partial charge is 0.394 e. The van der Waals surface area contributed by atoms with Gasteiger partial charge >= 0.3 is 10.4 Å². The monoisotopic (exact) mass is 974 g/mol. The van der Waals surface area contributed by atoms with E-state index in [1.165, 1.54) is 160 Å². The molecule has 1 heterocycles. The van der Waals surface area contributed by atoms with E-state index in [-0.39, 0.29) is 6.42 Å². The molecule has 0 aromatic rings. The van der Waals surface area contributed by atoms with Crippen molar-refractivity contribution in [2.75, 3.05) is 13.2 Å². The zero-order chi connectivity index (χ0) is 49.2. The van der Waals surface area contributed by atoms with Gasteiger partial charge in [-0.25, -0.2) is 4.18 Å². The molecule has 1 saturated heterocycles. The fourth-order valence-corrected chi connectivity index (χ4v) is 9.00. The third kappa shape index (κ3) is 35.1. The van der Waals surface area contributed by atoms with Crippen molar-refractivity contribution in [3.05, 3.63) is 36.5 Å². The minimum Gasteiger partial charge on any atom is -0.394 e. The van der Waals surface area contributed by atoms with Crippen LogP contribution in [-0.4, -0.2) is 107 Å². The Morgan fingerprint density at radius 3 is 1.43 bits per heavy atom. The number of ether oxygens (including phenoxy) is 2. The van der Waals surface area contributed by atoms with E-state index >= 15 is 0 Å². The molecule has 14 heteroatoms. The lowest BCUT2D eigenvalue weighted by Gasteiger charge is -2.41. The number of carbonyl (C=O) groups excluding carboxylic acids is 1. The van der Waals surface area contributed by atoms with Crippen LogP contribution in [0.15, 0.2) is 36.5 Å². The number of aliphatic hydroxyl groups is 5. The predicted octanol–water partition coefficient (Wildman–Crippen LogP) is 10.8. The van der Waals surface area contributed by atoms with Crippen LogP contribution in [0.2, 0.25) is 0 Å². The molecule has 0 radical (unpaired) electrons. The molecule has 13 nitrogen and oxygen atoms in total. The summed E-state index contributed by atoms with van der Waals surface area (Å²) in [6, 6.07) is -1.14. The van der Waals surface area contributed by atoms with Gasteiger partial charge in [0.25, 0.3) is 0 Å². The second-order valence-electron chi connectivity index (χ2n) is 18.9. The van der Waals surface area contributed by atoms with Crippen LogP contribution >= 0.6 is 0 Å². The summed E-state index contributed by atoms with van der Waals surface area (Å²) in [6.45, 7) is 3.21. The van der Waals surface area contributed by atoms with Crippen LogP contribution in [0.5, 0.6) is 0 Å². The summed E-state index contributed by atoms with van der Waals surface area (Å²) in [5.41, 5.74) is 0. The maximum Gasteiger partial charge on any atom is 0.397 e. The van der Waals surface area contributed by atoms with Gasteiger partial charge in [-0.1, -0.05) is 224 Å². The van der Waals surface area contributed by atoms with E-state index < -0.39 is 78.5 Å². The lowest BCUT2D eigenvalue weighted by Crippen LogP contribution is -2.61.